The van der Waals surface area contributed by atoms with Gasteiger partial charge in [0.05, 0.1) is 11.4 Å². The van der Waals surface area contributed by atoms with Crippen molar-refractivity contribution in [2.24, 2.45) is 5.92 Å². The van der Waals surface area contributed by atoms with Gasteiger partial charge in [0.15, 0.2) is 0 Å². The minimum atomic E-state index is 0.101. The van der Waals surface area contributed by atoms with Crippen molar-refractivity contribution < 1.29 is 4.79 Å². The first-order valence-electron chi connectivity index (χ1n) is 12.3. The van der Waals surface area contributed by atoms with Gasteiger partial charge in [0, 0.05) is 19.5 Å². The average Bonchev–Trinajstić information content (AvgIpc) is 2.85. The van der Waals surface area contributed by atoms with Crippen molar-refractivity contribution >= 4 is 17.4 Å². The van der Waals surface area contributed by atoms with Crippen molar-refractivity contribution in [2.45, 2.75) is 65.0 Å². The molecule has 0 saturated heterocycles. The molecule has 3 aromatic rings. The predicted molar refractivity (Wildman–Crippen MR) is 136 cm³/mol. The molecule has 1 aromatic heterocycles. The van der Waals surface area contributed by atoms with Gasteiger partial charge < -0.3 is 10.2 Å². The second-order valence-electron chi connectivity index (χ2n) is 9.22. The molecule has 0 aliphatic heterocycles. The van der Waals surface area contributed by atoms with Crippen LogP contribution in [-0.4, -0.2) is 10.9 Å². The molecule has 4 rings (SSSR count). The first-order valence-corrected chi connectivity index (χ1v) is 12.3. The van der Waals surface area contributed by atoms with Crippen molar-refractivity contribution in [3.05, 3.63) is 89.6 Å². The third-order valence-electron chi connectivity index (χ3n) is 6.61. The van der Waals surface area contributed by atoms with E-state index in [1.54, 1.807) is 0 Å². The van der Waals surface area contributed by atoms with E-state index in [9.17, 15) is 4.79 Å². The van der Waals surface area contributed by atoms with Crippen LogP contribution in [0.2, 0.25) is 0 Å². The fourth-order valence-electron chi connectivity index (χ4n) is 4.71. The number of hydrogen-bond donors (Lipinski definition) is 1. The Morgan fingerprint density at radius 1 is 0.879 bits per heavy atom. The Morgan fingerprint density at radius 2 is 1.48 bits per heavy atom. The predicted octanol–water partition coefficient (Wildman–Crippen LogP) is 6.90. The van der Waals surface area contributed by atoms with Crippen LogP contribution in [0.25, 0.3) is 0 Å². The van der Waals surface area contributed by atoms with Gasteiger partial charge in [-0.25, -0.2) is 4.98 Å². The molecular weight excluding hydrogens is 406 g/mol. The number of hydrogen-bond acceptors (Lipinski definition) is 3. The second kappa shape index (κ2) is 11.6. The van der Waals surface area contributed by atoms with Crippen LogP contribution in [0.15, 0.2) is 72.8 Å². The van der Waals surface area contributed by atoms with Gasteiger partial charge in [-0.2, -0.15) is 0 Å². The van der Waals surface area contributed by atoms with E-state index in [-0.39, 0.29) is 5.91 Å². The molecule has 0 bridgehead atoms. The molecule has 0 spiro atoms. The Balaban J connectivity index is 1.43. The van der Waals surface area contributed by atoms with Crippen LogP contribution in [0, 0.1) is 12.8 Å². The zero-order chi connectivity index (χ0) is 22.9. The molecule has 1 fully saturated rings. The molecule has 1 aliphatic rings. The molecule has 1 heterocycles. The molecule has 0 unspecified atom stereocenters. The summed E-state index contributed by atoms with van der Waals surface area (Å²) in [6, 6.07) is 25.0. The fraction of sp³-hybridized carbons (Fsp3) is 0.379. The quantitative estimate of drug-likeness (QED) is 0.393. The topological polar surface area (TPSA) is 45.2 Å². The molecule has 1 aliphatic carbocycles. The number of anilines is 2. The fourth-order valence-corrected chi connectivity index (χ4v) is 4.71. The standard InChI is InChI=1S/C29H35N3O/c1-23-27(31-29(33)20-17-24-11-5-2-6-12-24)18-19-28(30-23)32(21-25-13-7-3-8-14-25)22-26-15-9-4-10-16-26/h3-4,7-10,13-16,18-19,24H,2,5-6,11-12,17,20-22H2,1H3,(H,31,33). The van der Waals surface area contributed by atoms with E-state index in [4.69, 9.17) is 4.98 Å². The van der Waals surface area contributed by atoms with Crippen LogP contribution in [0.3, 0.4) is 0 Å². The summed E-state index contributed by atoms with van der Waals surface area (Å²) in [6.07, 6.45) is 8.14. The summed E-state index contributed by atoms with van der Waals surface area (Å²) in [5.41, 5.74) is 4.15. The lowest BCUT2D eigenvalue weighted by Gasteiger charge is -2.25. The highest BCUT2D eigenvalue weighted by molar-refractivity contribution is 5.91. The van der Waals surface area contributed by atoms with Gasteiger partial charge in [-0.3, -0.25) is 4.79 Å². The lowest BCUT2D eigenvalue weighted by molar-refractivity contribution is -0.116. The number of carbonyl (C=O) groups is 1. The molecular formula is C29H35N3O. The zero-order valence-electron chi connectivity index (χ0n) is 19.7. The van der Waals surface area contributed by atoms with Crippen LogP contribution in [0.4, 0.5) is 11.5 Å². The van der Waals surface area contributed by atoms with E-state index in [1.165, 1.54) is 43.2 Å². The molecule has 1 N–H and O–H groups in total. The summed E-state index contributed by atoms with van der Waals surface area (Å²) >= 11 is 0. The van der Waals surface area contributed by atoms with Crippen molar-refractivity contribution in [1.29, 1.82) is 0 Å². The van der Waals surface area contributed by atoms with Crippen LogP contribution < -0.4 is 10.2 Å². The van der Waals surface area contributed by atoms with Gasteiger partial charge in [0.1, 0.15) is 5.82 Å². The van der Waals surface area contributed by atoms with Crippen molar-refractivity contribution in [3.8, 4) is 0 Å². The molecule has 4 heteroatoms. The summed E-state index contributed by atoms with van der Waals surface area (Å²) in [7, 11) is 0. The number of nitrogens with zero attached hydrogens (tertiary/aromatic N) is 2. The second-order valence-corrected chi connectivity index (χ2v) is 9.22. The Bertz CT molecular complexity index is 972. The van der Waals surface area contributed by atoms with Crippen molar-refractivity contribution in [2.75, 3.05) is 10.2 Å². The summed E-state index contributed by atoms with van der Waals surface area (Å²) in [4.78, 5) is 19.7. The van der Waals surface area contributed by atoms with E-state index in [0.717, 1.165) is 42.6 Å². The van der Waals surface area contributed by atoms with Crippen LogP contribution in [0.5, 0.6) is 0 Å². The monoisotopic (exact) mass is 441 g/mol. The normalized spacial score (nSPS) is 14.1. The molecule has 2 aromatic carbocycles. The van der Waals surface area contributed by atoms with Crippen LogP contribution >= 0.6 is 0 Å². The summed E-state index contributed by atoms with van der Waals surface area (Å²) in [5.74, 6) is 1.74. The number of carbonyl (C=O) groups excluding carboxylic acids is 1. The minimum absolute atomic E-state index is 0.101. The summed E-state index contributed by atoms with van der Waals surface area (Å²) in [6.45, 7) is 3.52. The van der Waals surface area contributed by atoms with E-state index >= 15 is 0 Å². The van der Waals surface area contributed by atoms with Gasteiger partial charge in [-0.15, -0.1) is 0 Å². The third kappa shape index (κ3) is 6.92. The van der Waals surface area contributed by atoms with E-state index in [1.807, 2.05) is 31.2 Å². The number of pyridine rings is 1. The maximum absolute atomic E-state index is 12.6. The SMILES string of the molecule is Cc1nc(N(Cc2ccccc2)Cc2ccccc2)ccc1NC(=O)CCC1CCCCC1. The van der Waals surface area contributed by atoms with Gasteiger partial charge in [-0.1, -0.05) is 92.8 Å². The first-order chi connectivity index (χ1) is 16.2. The largest absolute Gasteiger partial charge is 0.348 e. The van der Waals surface area contributed by atoms with Crippen LogP contribution in [-0.2, 0) is 17.9 Å². The summed E-state index contributed by atoms with van der Waals surface area (Å²) < 4.78 is 0. The zero-order valence-corrected chi connectivity index (χ0v) is 19.7. The molecule has 1 amide bonds. The highest BCUT2D eigenvalue weighted by atomic mass is 16.1. The Kier molecular flexibility index (Phi) is 8.13. The highest BCUT2D eigenvalue weighted by Crippen LogP contribution is 2.28. The Morgan fingerprint density at radius 3 is 2.06 bits per heavy atom. The number of rotatable bonds is 9. The smallest absolute Gasteiger partial charge is 0.224 e. The number of aromatic nitrogens is 1. The molecule has 4 nitrogen and oxygen atoms in total. The van der Waals surface area contributed by atoms with Crippen LogP contribution in [0.1, 0.15) is 61.8 Å². The third-order valence-corrected chi connectivity index (χ3v) is 6.61. The van der Waals surface area contributed by atoms with Crippen molar-refractivity contribution in [1.82, 2.24) is 4.98 Å². The lowest BCUT2D eigenvalue weighted by atomic mass is 9.86. The van der Waals surface area contributed by atoms with Crippen molar-refractivity contribution in [3.63, 3.8) is 0 Å². The first kappa shape index (κ1) is 23.0. The number of benzene rings is 2. The summed E-state index contributed by atoms with van der Waals surface area (Å²) in [5, 5.41) is 3.10. The minimum Gasteiger partial charge on any atom is -0.348 e. The Hall–Kier alpha value is -3.14. The van der Waals surface area contributed by atoms with E-state index in [2.05, 4.69) is 58.7 Å². The van der Waals surface area contributed by atoms with Gasteiger partial charge in [0.2, 0.25) is 5.91 Å². The highest BCUT2D eigenvalue weighted by Gasteiger charge is 2.16. The van der Waals surface area contributed by atoms with Gasteiger partial charge >= 0.3 is 0 Å². The molecule has 172 valence electrons. The molecule has 33 heavy (non-hydrogen) atoms. The maximum atomic E-state index is 12.6. The molecule has 0 atom stereocenters. The van der Waals surface area contributed by atoms with E-state index in [0.29, 0.717) is 6.42 Å². The number of aryl methyl sites for hydroxylation is 1. The number of nitrogens with one attached hydrogen (secondary N) is 1. The van der Waals surface area contributed by atoms with Gasteiger partial charge in [-0.05, 0) is 42.5 Å². The number of amides is 1. The lowest BCUT2D eigenvalue weighted by Crippen LogP contribution is -2.23. The van der Waals surface area contributed by atoms with Gasteiger partial charge in [0.25, 0.3) is 0 Å². The molecule has 1 saturated carbocycles. The maximum Gasteiger partial charge on any atom is 0.224 e. The van der Waals surface area contributed by atoms with E-state index < -0.39 is 0 Å². The average molecular weight is 442 g/mol. The Labute approximate surface area is 198 Å². The molecule has 0 radical (unpaired) electrons.